The van der Waals surface area contributed by atoms with E-state index >= 15 is 0 Å². The summed E-state index contributed by atoms with van der Waals surface area (Å²) in [6.07, 6.45) is 5.95. The van der Waals surface area contributed by atoms with Crippen molar-refractivity contribution in [1.29, 1.82) is 0 Å². The molecule has 0 saturated carbocycles. The molecule has 0 aromatic carbocycles. The predicted molar refractivity (Wildman–Crippen MR) is 37.6 cm³/mol. The van der Waals surface area contributed by atoms with E-state index in [0.29, 0.717) is 0 Å². The van der Waals surface area contributed by atoms with Gasteiger partial charge in [-0.1, -0.05) is 8.20 Å². The SMILES string of the molecule is C1=NC2=CC=PC2=C1. The van der Waals surface area contributed by atoms with Gasteiger partial charge in [0, 0.05) is 11.5 Å². The molecule has 0 amide bonds. The van der Waals surface area contributed by atoms with Crippen molar-refractivity contribution in [2.75, 3.05) is 0 Å². The number of fused-ring (bicyclic) bond motifs is 1. The summed E-state index contributed by atoms with van der Waals surface area (Å²) >= 11 is 0. The van der Waals surface area contributed by atoms with E-state index in [0.717, 1.165) is 5.70 Å². The second-order valence-electron chi connectivity index (χ2n) is 1.66. The minimum absolute atomic E-state index is 1.15. The lowest BCUT2D eigenvalue weighted by Gasteiger charge is -1.83. The van der Waals surface area contributed by atoms with Crippen LogP contribution in [0.2, 0.25) is 0 Å². The highest BCUT2D eigenvalue weighted by Crippen LogP contribution is 2.30. The molecule has 0 fully saturated rings. The summed E-state index contributed by atoms with van der Waals surface area (Å²) < 4.78 is 0. The Morgan fingerprint density at radius 2 is 2.38 bits per heavy atom. The summed E-state index contributed by atoms with van der Waals surface area (Å²) in [5.74, 6) is 2.11. The van der Waals surface area contributed by atoms with E-state index in [1.165, 1.54) is 13.5 Å². The monoisotopic (exact) mass is 121 g/mol. The fourth-order valence-corrected chi connectivity index (χ4v) is 1.56. The van der Waals surface area contributed by atoms with Crippen LogP contribution in [-0.4, -0.2) is 12.0 Å². The molecular weight excluding hydrogens is 117 g/mol. The van der Waals surface area contributed by atoms with Gasteiger partial charge in [-0.05, 0) is 17.9 Å². The number of hydrogen-bond donors (Lipinski definition) is 0. The summed E-state index contributed by atoms with van der Waals surface area (Å²) in [5.41, 5.74) is 1.15. The second-order valence-corrected chi connectivity index (χ2v) is 2.70. The average Bonchev–Trinajstić information content (AvgIpc) is 2.15. The Balaban J connectivity index is 2.59. The van der Waals surface area contributed by atoms with Crippen molar-refractivity contribution in [1.82, 2.24) is 0 Å². The molecule has 0 N–H and O–H groups in total. The molecule has 0 unspecified atom stereocenters. The largest absolute Gasteiger partial charge is 0.256 e. The van der Waals surface area contributed by atoms with Crippen LogP contribution in [0.15, 0.2) is 28.2 Å². The molecule has 0 atom stereocenters. The van der Waals surface area contributed by atoms with Gasteiger partial charge < -0.3 is 0 Å². The van der Waals surface area contributed by atoms with Crippen LogP contribution in [0, 0.1) is 0 Å². The van der Waals surface area contributed by atoms with Gasteiger partial charge in [-0.15, -0.1) is 0 Å². The minimum Gasteiger partial charge on any atom is -0.256 e. The average molecular weight is 121 g/mol. The molecule has 0 spiro atoms. The highest BCUT2D eigenvalue weighted by molar-refractivity contribution is 7.45. The van der Waals surface area contributed by atoms with Crippen molar-refractivity contribution in [2.24, 2.45) is 4.99 Å². The van der Waals surface area contributed by atoms with Crippen LogP contribution < -0.4 is 0 Å². The number of aliphatic imine (C=N–C) groups is 1. The maximum absolute atomic E-state index is 4.10. The van der Waals surface area contributed by atoms with Crippen molar-refractivity contribution in [2.45, 2.75) is 0 Å². The maximum atomic E-state index is 4.10. The molecule has 1 nitrogen and oxygen atoms in total. The minimum atomic E-state index is 1.15. The molecule has 0 bridgehead atoms. The fourth-order valence-electron chi connectivity index (χ4n) is 0.765. The smallest absolute Gasteiger partial charge is 0.0751 e. The molecule has 0 aromatic rings. The molecule has 8 heavy (non-hydrogen) atoms. The van der Waals surface area contributed by atoms with Gasteiger partial charge in [0.1, 0.15) is 0 Å². The van der Waals surface area contributed by atoms with E-state index in [1.807, 2.05) is 6.21 Å². The topological polar surface area (TPSA) is 12.4 Å². The molecule has 0 aromatic heterocycles. The van der Waals surface area contributed by atoms with E-state index in [2.05, 4.69) is 22.9 Å². The molecule has 2 rings (SSSR count). The van der Waals surface area contributed by atoms with Crippen molar-refractivity contribution >= 4 is 20.2 Å². The van der Waals surface area contributed by atoms with Gasteiger partial charge in [-0.3, -0.25) is 4.99 Å². The highest BCUT2D eigenvalue weighted by atomic mass is 31.1. The quantitative estimate of drug-likeness (QED) is 0.431. The standard InChI is InChI=1S/C6H4NP/c1-3-7-5-2-4-8-6(1)5/h1-4H. The van der Waals surface area contributed by atoms with Gasteiger partial charge in [0.25, 0.3) is 0 Å². The van der Waals surface area contributed by atoms with Crippen molar-refractivity contribution < 1.29 is 0 Å². The molecule has 2 aliphatic heterocycles. The summed E-state index contributed by atoms with van der Waals surface area (Å²) in [7, 11) is 1.30. The van der Waals surface area contributed by atoms with Crippen LogP contribution >= 0.6 is 8.20 Å². The van der Waals surface area contributed by atoms with Crippen LogP contribution in [0.5, 0.6) is 0 Å². The van der Waals surface area contributed by atoms with Crippen LogP contribution in [-0.2, 0) is 0 Å². The fraction of sp³-hybridized carbons (Fsp3) is 0. The van der Waals surface area contributed by atoms with Crippen molar-refractivity contribution in [3.63, 3.8) is 0 Å². The zero-order valence-corrected chi connectivity index (χ0v) is 5.10. The zero-order valence-electron chi connectivity index (χ0n) is 4.20. The number of hydrogen-bond acceptors (Lipinski definition) is 1. The van der Waals surface area contributed by atoms with Crippen molar-refractivity contribution in [3.8, 4) is 0 Å². The van der Waals surface area contributed by atoms with Gasteiger partial charge in [0.15, 0.2) is 0 Å². The third kappa shape index (κ3) is 0.423. The molecule has 0 aliphatic carbocycles. The van der Waals surface area contributed by atoms with Gasteiger partial charge in [-0.2, -0.15) is 0 Å². The first kappa shape index (κ1) is 4.22. The summed E-state index contributed by atoms with van der Waals surface area (Å²) in [6.45, 7) is 0. The van der Waals surface area contributed by atoms with Gasteiger partial charge in [-0.25, -0.2) is 0 Å². The summed E-state index contributed by atoms with van der Waals surface area (Å²) in [4.78, 5) is 4.10. The number of rotatable bonds is 0. The third-order valence-corrected chi connectivity index (χ3v) is 2.11. The Kier molecular flexibility index (Phi) is 0.737. The lowest BCUT2D eigenvalue weighted by Crippen LogP contribution is -1.63. The lowest BCUT2D eigenvalue weighted by atomic mass is 10.4. The van der Waals surface area contributed by atoms with E-state index in [9.17, 15) is 0 Å². The van der Waals surface area contributed by atoms with E-state index in [-0.39, 0.29) is 0 Å². The Bertz CT molecular complexity index is 207. The van der Waals surface area contributed by atoms with Gasteiger partial charge in [0.05, 0.1) is 5.70 Å². The third-order valence-electron chi connectivity index (χ3n) is 1.15. The number of allylic oxidation sites excluding steroid dienone is 3. The molecule has 38 valence electrons. The first-order valence-corrected chi connectivity index (χ1v) is 3.42. The maximum Gasteiger partial charge on any atom is 0.0751 e. The van der Waals surface area contributed by atoms with Crippen LogP contribution in [0.1, 0.15) is 0 Å². The molecule has 0 saturated heterocycles. The van der Waals surface area contributed by atoms with Gasteiger partial charge in [0.2, 0.25) is 0 Å². The van der Waals surface area contributed by atoms with E-state index in [1.54, 1.807) is 0 Å². The summed E-state index contributed by atoms with van der Waals surface area (Å²) in [6, 6.07) is 0. The highest BCUT2D eigenvalue weighted by Gasteiger charge is 2.06. The lowest BCUT2D eigenvalue weighted by molar-refractivity contribution is 1.47. The normalized spacial score (nSPS) is 23.0. The Morgan fingerprint density at radius 3 is 3.25 bits per heavy atom. The predicted octanol–water partition coefficient (Wildman–Crippen LogP) is 1.60. The van der Waals surface area contributed by atoms with Crippen molar-refractivity contribution in [3.05, 3.63) is 23.2 Å². The summed E-state index contributed by atoms with van der Waals surface area (Å²) in [5, 5.41) is 1.34. The van der Waals surface area contributed by atoms with E-state index in [4.69, 9.17) is 0 Å². The zero-order chi connectivity index (χ0) is 5.40. The molecule has 0 radical (unpaired) electrons. The Labute approximate surface area is 49.2 Å². The first-order valence-electron chi connectivity index (χ1n) is 2.46. The van der Waals surface area contributed by atoms with Crippen LogP contribution in [0.3, 0.4) is 0 Å². The second kappa shape index (κ2) is 1.40. The van der Waals surface area contributed by atoms with Crippen LogP contribution in [0.25, 0.3) is 0 Å². The van der Waals surface area contributed by atoms with Gasteiger partial charge >= 0.3 is 0 Å². The Morgan fingerprint density at radius 1 is 1.38 bits per heavy atom. The van der Waals surface area contributed by atoms with E-state index < -0.39 is 0 Å². The van der Waals surface area contributed by atoms with Crippen LogP contribution in [0.4, 0.5) is 0 Å². The molecule has 2 aliphatic rings. The molecular formula is C6H4NP. The molecule has 2 heteroatoms. The first-order chi connectivity index (χ1) is 3.97. The Hall–Kier alpha value is -0.680. The molecule has 2 heterocycles. The number of nitrogens with zero attached hydrogens (tertiary/aromatic N) is 1.